The summed E-state index contributed by atoms with van der Waals surface area (Å²) < 4.78 is 5.49. The van der Waals surface area contributed by atoms with Crippen LogP contribution < -0.4 is 4.90 Å². The summed E-state index contributed by atoms with van der Waals surface area (Å²) in [7, 11) is 0. The van der Waals surface area contributed by atoms with Gasteiger partial charge in [-0.25, -0.2) is 0 Å². The fourth-order valence-corrected chi connectivity index (χ4v) is 6.69. The van der Waals surface area contributed by atoms with E-state index in [1.54, 1.807) is 11.8 Å². The van der Waals surface area contributed by atoms with Crippen LogP contribution in [0.25, 0.3) is 6.08 Å². The van der Waals surface area contributed by atoms with Crippen molar-refractivity contribution in [1.29, 1.82) is 0 Å². The second kappa shape index (κ2) is 10.6. The standard InChI is InChI=1S/C27H37N3O2S/c1-20-18-24(29-14-16-32-17-15-29)13-12-21(20)19-25-26(31)30(23-10-6-3-7-11-23)27(33-25)28-22-8-4-2-5-9-22/h12-13,18-19,22-23H,2-11,14-17H2,1H3/b25-19-,28-27?. The lowest BCUT2D eigenvalue weighted by molar-refractivity contribution is -0.124. The molecule has 1 aromatic rings. The molecule has 0 spiro atoms. The van der Waals surface area contributed by atoms with Crippen molar-refractivity contribution >= 4 is 34.6 Å². The van der Waals surface area contributed by atoms with Gasteiger partial charge in [0.25, 0.3) is 5.91 Å². The second-order valence-corrected chi connectivity index (χ2v) is 10.9. The summed E-state index contributed by atoms with van der Waals surface area (Å²) in [5, 5.41) is 0.965. The third-order valence-corrected chi connectivity index (χ3v) is 8.56. The number of morpholine rings is 1. The Morgan fingerprint density at radius 1 is 1.00 bits per heavy atom. The number of carbonyl (C=O) groups is 1. The van der Waals surface area contributed by atoms with E-state index in [1.807, 2.05) is 0 Å². The topological polar surface area (TPSA) is 45.1 Å². The molecule has 0 atom stereocenters. The van der Waals surface area contributed by atoms with E-state index in [1.165, 1.54) is 49.8 Å². The highest BCUT2D eigenvalue weighted by molar-refractivity contribution is 8.18. The molecule has 0 aromatic heterocycles. The van der Waals surface area contributed by atoms with Crippen LogP contribution in [0.1, 0.15) is 75.3 Å². The van der Waals surface area contributed by atoms with Crippen molar-refractivity contribution in [1.82, 2.24) is 4.90 Å². The van der Waals surface area contributed by atoms with Crippen LogP contribution in [0.3, 0.4) is 0 Å². The molecule has 4 aliphatic rings. The molecule has 5 rings (SSSR count). The minimum absolute atomic E-state index is 0.165. The van der Waals surface area contributed by atoms with Crippen LogP contribution in [0.5, 0.6) is 0 Å². The lowest BCUT2D eigenvalue weighted by Gasteiger charge is -2.31. The molecule has 2 saturated carbocycles. The van der Waals surface area contributed by atoms with Gasteiger partial charge >= 0.3 is 0 Å². The first kappa shape index (κ1) is 23.0. The van der Waals surface area contributed by atoms with Gasteiger partial charge in [0.1, 0.15) is 0 Å². The zero-order valence-corrected chi connectivity index (χ0v) is 20.7. The zero-order chi connectivity index (χ0) is 22.6. The molecule has 33 heavy (non-hydrogen) atoms. The molecule has 0 bridgehead atoms. The Bertz CT molecular complexity index is 910. The quantitative estimate of drug-likeness (QED) is 0.528. The van der Waals surface area contributed by atoms with Crippen LogP contribution in [-0.2, 0) is 9.53 Å². The molecule has 6 heteroatoms. The third kappa shape index (κ3) is 5.32. The van der Waals surface area contributed by atoms with Gasteiger partial charge < -0.3 is 9.64 Å². The maximum absolute atomic E-state index is 13.6. The van der Waals surface area contributed by atoms with Crippen molar-refractivity contribution < 1.29 is 9.53 Å². The number of ether oxygens (including phenoxy) is 1. The Morgan fingerprint density at radius 2 is 1.70 bits per heavy atom. The molecule has 2 aliphatic carbocycles. The molecule has 178 valence electrons. The van der Waals surface area contributed by atoms with Crippen molar-refractivity contribution in [3.05, 3.63) is 34.2 Å². The summed E-state index contributed by atoms with van der Waals surface area (Å²) in [5.41, 5.74) is 3.58. The largest absolute Gasteiger partial charge is 0.378 e. The number of benzene rings is 1. The number of nitrogens with zero attached hydrogens (tertiary/aromatic N) is 3. The Labute approximate surface area is 202 Å². The molecule has 5 nitrogen and oxygen atoms in total. The first-order valence-corrected chi connectivity index (χ1v) is 13.7. The summed E-state index contributed by atoms with van der Waals surface area (Å²) in [4.78, 5) is 24.1. The molecule has 0 N–H and O–H groups in total. The number of hydrogen-bond acceptors (Lipinski definition) is 5. The monoisotopic (exact) mass is 467 g/mol. The van der Waals surface area contributed by atoms with Crippen LogP contribution >= 0.6 is 11.8 Å². The highest BCUT2D eigenvalue weighted by atomic mass is 32.2. The number of carbonyl (C=O) groups excluding carboxylic acids is 1. The molecule has 2 saturated heterocycles. The molecule has 4 fully saturated rings. The van der Waals surface area contributed by atoms with Crippen molar-refractivity contribution in [2.75, 3.05) is 31.2 Å². The number of aliphatic imine (C=N–C) groups is 1. The van der Waals surface area contributed by atoms with Gasteiger partial charge in [0.05, 0.1) is 24.2 Å². The van der Waals surface area contributed by atoms with Crippen molar-refractivity contribution in [2.45, 2.75) is 83.2 Å². The van der Waals surface area contributed by atoms with E-state index in [9.17, 15) is 4.79 Å². The predicted octanol–water partition coefficient (Wildman–Crippen LogP) is 5.77. The molecule has 0 radical (unpaired) electrons. The SMILES string of the molecule is Cc1cc(N2CCOCC2)ccc1/C=C1\SC(=NC2CCCCC2)N(C2CCCCC2)C1=O. The number of rotatable bonds is 4. The van der Waals surface area contributed by atoms with Gasteiger partial charge in [-0.2, -0.15) is 0 Å². The number of anilines is 1. The van der Waals surface area contributed by atoms with Crippen LogP contribution in [0, 0.1) is 6.92 Å². The summed E-state index contributed by atoms with van der Waals surface area (Å²) in [6.45, 7) is 5.60. The number of amides is 1. The van der Waals surface area contributed by atoms with Crippen LogP contribution in [0.2, 0.25) is 0 Å². The zero-order valence-electron chi connectivity index (χ0n) is 19.9. The van der Waals surface area contributed by atoms with Crippen molar-refractivity contribution in [3.8, 4) is 0 Å². The van der Waals surface area contributed by atoms with E-state index in [0.29, 0.717) is 12.1 Å². The van der Waals surface area contributed by atoms with E-state index < -0.39 is 0 Å². The van der Waals surface area contributed by atoms with E-state index in [-0.39, 0.29) is 5.91 Å². The molecular weight excluding hydrogens is 430 g/mol. The summed E-state index contributed by atoms with van der Waals surface area (Å²) >= 11 is 1.61. The maximum atomic E-state index is 13.6. The molecular formula is C27H37N3O2S. The summed E-state index contributed by atoms with van der Waals surface area (Å²) in [5.74, 6) is 0.165. The minimum atomic E-state index is 0.165. The number of hydrogen-bond donors (Lipinski definition) is 0. The lowest BCUT2D eigenvalue weighted by atomic mass is 9.94. The Kier molecular flexibility index (Phi) is 7.41. The van der Waals surface area contributed by atoms with Gasteiger partial charge in [-0.3, -0.25) is 14.7 Å². The van der Waals surface area contributed by atoms with Gasteiger partial charge in [-0.05, 0) is 73.7 Å². The van der Waals surface area contributed by atoms with Gasteiger partial charge in [-0.1, -0.05) is 44.6 Å². The molecule has 2 heterocycles. The Balaban J connectivity index is 1.40. The summed E-state index contributed by atoms with van der Waals surface area (Å²) in [6.07, 6.45) is 14.2. The van der Waals surface area contributed by atoms with Crippen molar-refractivity contribution in [3.63, 3.8) is 0 Å². The normalized spacial score (nSPS) is 26.0. The van der Waals surface area contributed by atoms with Crippen LogP contribution in [0.15, 0.2) is 28.1 Å². The molecule has 1 aromatic carbocycles. The number of amidine groups is 1. The smallest absolute Gasteiger partial charge is 0.266 e. The van der Waals surface area contributed by atoms with Gasteiger partial charge in [0, 0.05) is 24.8 Å². The first-order chi connectivity index (χ1) is 16.2. The van der Waals surface area contributed by atoms with E-state index in [4.69, 9.17) is 9.73 Å². The molecule has 2 aliphatic heterocycles. The fraction of sp³-hybridized carbons (Fsp3) is 0.630. The third-order valence-electron chi connectivity index (χ3n) is 7.56. The lowest BCUT2D eigenvalue weighted by Crippen LogP contribution is -2.41. The number of aryl methyl sites for hydroxylation is 1. The van der Waals surface area contributed by atoms with E-state index >= 15 is 0 Å². The van der Waals surface area contributed by atoms with E-state index in [2.05, 4.69) is 41.0 Å². The van der Waals surface area contributed by atoms with Gasteiger partial charge in [0.15, 0.2) is 5.17 Å². The van der Waals surface area contributed by atoms with Gasteiger partial charge in [0.2, 0.25) is 0 Å². The highest BCUT2D eigenvalue weighted by Crippen LogP contribution is 2.39. The van der Waals surface area contributed by atoms with Crippen molar-refractivity contribution in [2.24, 2.45) is 4.99 Å². The highest BCUT2D eigenvalue weighted by Gasteiger charge is 2.39. The maximum Gasteiger partial charge on any atom is 0.266 e. The number of thioether (sulfide) groups is 1. The van der Waals surface area contributed by atoms with Gasteiger partial charge in [-0.15, -0.1) is 0 Å². The van der Waals surface area contributed by atoms with Crippen LogP contribution in [0.4, 0.5) is 5.69 Å². The molecule has 1 amide bonds. The minimum Gasteiger partial charge on any atom is -0.378 e. The Morgan fingerprint density at radius 3 is 2.39 bits per heavy atom. The average molecular weight is 468 g/mol. The average Bonchev–Trinajstić information content (AvgIpc) is 3.16. The Hall–Kier alpha value is -1.79. The van der Waals surface area contributed by atoms with E-state index in [0.717, 1.165) is 67.6 Å². The second-order valence-electron chi connectivity index (χ2n) is 9.92. The van der Waals surface area contributed by atoms with Crippen LogP contribution in [-0.4, -0.2) is 54.4 Å². The predicted molar refractivity (Wildman–Crippen MR) is 138 cm³/mol. The molecule has 0 unspecified atom stereocenters. The fourth-order valence-electron chi connectivity index (χ4n) is 5.59. The first-order valence-electron chi connectivity index (χ1n) is 12.9. The summed E-state index contributed by atoms with van der Waals surface area (Å²) in [6, 6.07) is 7.30.